The lowest BCUT2D eigenvalue weighted by molar-refractivity contribution is -0.119. The molecule has 4 nitrogen and oxygen atoms in total. The molecule has 0 aromatic heterocycles. The van der Waals surface area contributed by atoms with E-state index in [1.165, 1.54) is 0 Å². The minimum Gasteiger partial charge on any atom is -0.369 e. The minimum atomic E-state index is -0.401. The molecule has 2 aromatic carbocycles. The van der Waals surface area contributed by atoms with Crippen molar-refractivity contribution in [2.45, 2.75) is 32.6 Å². The molecule has 1 atom stereocenters. The zero-order valence-corrected chi connectivity index (χ0v) is 12.3. The molecule has 0 heterocycles. The molecule has 0 saturated carbocycles. The molecular formula is C17H20N2O2. The van der Waals surface area contributed by atoms with Crippen LogP contribution in [-0.4, -0.2) is 11.8 Å². The van der Waals surface area contributed by atoms with Gasteiger partial charge in [0.05, 0.1) is 11.6 Å². The van der Waals surface area contributed by atoms with Gasteiger partial charge < -0.3 is 11.1 Å². The number of nitrogens with two attached hydrogens (primary N) is 1. The molecule has 0 aliphatic carbocycles. The zero-order valence-electron chi connectivity index (χ0n) is 12.3. The van der Waals surface area contributed by atoms with Crippen LogP contribution in [-0.2, 0) is 9.59 Å². The fraction of sp³-hybridized carbons (Fsp3) is 0.294. The van der Waals surface area contributed by atoms with Crippen molar-refractivity contribution in [3.8, 4) is 0 Å². The quantitative estimate of drug-likeness (QED) is 0.885. The van der Waals surface area contributed by atoms with Crippen LogP contribution in [0.15, 0.2) is 36.4 Å². The fourth-order valence-electron chi connectivity index (χ4n) is 2.52. The maximum atomic E-state index is 11.8. The highest BCUT2D eigenvalue weighted by Gasteiger charge is 2.21. The Morgan fingerprint density at radius 1 is 1.14 bits per heavy atom. The number of anilines is 1. The predicted molar refractivity (Wildman–Crippen MR) is 85.1 cm³/mol. The van der Waals surface area contributed by atoms with Crippen LogP contribution in [0.25, 0.3) is 10.8 Å². The first-order valence-electron chi connectivity index (χ1n) is 7.19. The third-order valence-electron chi connectivity index (χ3n) is 3.67. The second-order valence-electron chi connectivity index (χ2n) is 5.02. The number of benzene rings is 2. The molecule has 2 amide bonds. The van der Waals surface area contributed by atoms with Crippen LogP contribution in [0.3, 0.4) is 0 Å². The number of hydrogen-bond acceptors (Lipinski definition) is 2. The smallest absolute Gasteiger partial charge is 0.225 e. The molecule has 3 N–H and O–H groups in total. The normalized spacial score (nSPS) is 12.1. The molecule has 0 spiro atoms. The number of fused-ring (bicyclic) bond motifs is 1. The Morgan fingerprint density at radius 2 is 1.86 bits per heavy atom. The summed E-state index contributed by atoms with van der Waals surface area (Å²) < 4.78 is 0. The van der Waals surface area contributed by atoms with Gasteiger partial charge in [-0.3, -0.25) is 9.59 Å². The number of amides is 2. The van der Waals surface area contributed by atoms with Gasteiger partial charge in [-0.2, -0.15) is 0 Å². The van der Waals surface area contributed by atoms with Crippen molar-refractivity contribution in [1.29, 1.82) is 0 Å². The van der Waals surface area contributed by atoms with Crippen molar-refractivity contribution in [1.82, 2.24) is 0 Å². The maximum Gasteiger partial charge on any atom is 0.225 e. The largest absolute Gasteiger partial charge is 0.369 e. The van der Waals surface area contributed by atoms with E-state index in [1.54, 1.807) is 6.92 Å². The SMILES string of the molecule is CCC(=O)Nc1c([C@H](CC)C(N)=O)ccc2ccccc12. The Bertz CT molecular complexity index is 680. The van der Waals surface area contributed by atoms with E-state index in [2.05, 4.69) is 5.32 Å². The topological polar surface area (TPSA) is 72.2 Å². The lowest BCUT2D eigenvalue weighted by Gasteiger charge is -2.19. The van der Waals surface area contributed by atoms with E-state index in [4.69, 9.17) is 5.73 Å². The first kappa shape index (κ1) is 15.0. The van der Waals surface area contributed by atoms with E-state index >= 15 is 0 Å². The van der Waals surface area contributed by atoms with Crippen molar-refractivity contribution in [3.05, 3.63) is 42.0 Å². The van der Waals surface area contributed by atoms with Crippen molar-refractivity contribution < 1.29 is 9.59 Å². The predicted octanol–water partition coefficient (Wildman–Crippen LogP) is 3.17. The van der Waals surface area contributed by atoms with Gasteiger partial charge in [-0.15, -0.1) is 0 Å². The average molecular weight is 284 g/mol. The van der Waals surface area contributed by atoms with Gasteiger partial charge in [0.2, 0.25) is 11.8 Å². The lowest BCUT2D eigenvalue weighted by atomic mass is 9.91. The summed E-state index contributed by atoms with van der Waals surface area (Å²) in [6.45, 7) is 3.71. The van der Waals surface area contributed by atoms with Gasteiger partial charge in [0.1, 0.15) is 0 Å². The van der Waals surface area contributed by atoms with Crippen LogP contribution in [0.4, 0.5) is 5.69 Å². The van der Waals surface area contributed by atoms with Crippen LogP contribution >= 0.6 is 0 Å². The van der Waals surface area contributed by atoms with E-state index in [0.29, 0.717) is 18.5 Å². The van der Waals surface area contributed by atoms with Crippen LogP contribution < -0.4 is 11.1 Å². The molecule has 0 aliphatic heterocycles. The van der Waals surface area contributed by atoms with E-state index in [0.717, 1.165) is 16.3 Å². The van der Waals surface area contributed by atoms with E-state index < -0.39 is 5.92 Å². The van der Waals surface area contributed by atoms with Crippen molar-refractivity contribution in [2.24, 2.45) is 5.73 Å². The van der Waals surface area contributed by atoms with Gasteiger partial charge in [-0.25, -0.2) is 0 Å². The Hall–Kier alpha value is -2.36. The van der Waals surface area contributed by atoms with E-state index in [1.807, 2.05) is 43.3 Å². The highest BCUT2D eigenvalue weighted by molar-refractivity contribution is 6.04. The van der Waals surface area contributed by atoms with Crippen LogP contribution in [0, 0.1) is 0 Å². The summed E-state index contributed by atoms with van der Waals surface area (Å²) in [6.07, 6.45) is 0.985. The molecule has 0 saturated heterocycles. The molecule has 0 aliphatic rings. The molecule has 0 bridgehead atoms. The van der Waals surface area contributed by atoms with Gasteiger partial charge in [0.25, 0.3) is 0 Å². The third kappa shape index (κ3) is 3.05. The summed E-state index contributed by atoms with van der Waals surface area (Å²) in [5.74, 6) is -0.853. The summed E-state index contributed by atoms with van der Waals surface area (Å²) in [5, 5.41) is 4.87. The summed E-state index contributed by atoms with van der Waals surface area (Å²) >= 11 is 0. The van der Waals surface area contributed by atoms with Crippen molar-refractivity contribution in [2.75, 3.05) is 5.32 Å². The molecule has 2 aromatic rings. The average Bonchev–Trinajstić information content (AvgIpc) is 2.49. The highest BCUT2D eigenvalue weighted by Crippen LogP contribution is 2.34. The molecule has 4 heteroatoms. The molecular weight excluding hydrogens is 264 g/mol. The summed E-state index contributed by atoms with van der Waals surface area (Å²) in [4.78, 5) is 23.5. The van der Waals surface area contributed by atoms with Crippen LogP contribution in [0.1, 0.15) is 38.2 Å². The van der Waals surface area contributed by atoms with Gasteiger partial charge in [-0.1, -0.05) is 50.2 Å². The summed E-state index contributed by atoms with van der Waals surface area (Å²) in [6, 6.07) is 11.6. The van der Waals surface area contributed by atoms with Crippen LogP contribution in [0.2, 0.25) is 0 Å². The lowest BCUT2D eigenvalue weighted by Crippen LogP contribution is -2.23. The van der Waals surface area contributed by atoms with E-state index in [-0.39, 0.29) is 11.8 Å². The summed E-state index contributed by atoms with van der Waals surface area (Å²) in [5.41, 5.74) is 6.99. The second kappa shape index (κ2) is 6.39. The van der Waals surface area contributed by atoms with Gasteiger partial charge in [-0.05, 0) is 17.4 Å². The fourth-order valence-corrected chi connectivity index (χ4v) is 2.52. The van der Waals surface area contributed by atoms with Gasteiger partial charge >= 0.3 is 0 Å². The Kier molecular flexibility index (Phi) is 4.58. The number of carbonyl (C=O) groups is 2. The second-order valence-corrected chi connectivity index (χ2v) is 5.02. The number of hydrogen-bond donors (Lipinski definition) is 2. The Balaban J connectivity index is 2.66. The number of nitrogens with one attached hydrogen (secondary N) is 1. The molecule has 0 fully saturated rings. The molecule has 21 heavy (non-hydrogen) atoms. The standard InChI is InChI=1S/C17H20N2O2/c1-3-12(17(18)21)14-10-9-11-7-5-6-8-13(11)16(14)19-15(20)4-2/h5-10,12H,3-4H2,1-2H3,(H2,18,21)(H,19,20)/t12-/m0/s1. The highest BCUT2D eigenvalue weighted by atomic mass is 16.2. The van der Waals surface area contributed by atoms with Crippen molar-refractivity contribution in [3.63, 3.8) is 0 Å². The van der Waals surface area contributed by atoms with Gasteiger partial charge in [0.15, 0.2) is 0 Å². The Morgan fingerprint density at radius 3 is 2.48 bits per heavy atom. The van der Waals surface area contributed by atoms with Gasteiger partial charge in [0, 0.05) is 11.8 Å². The molecule has 0 unspecified atom stereocenters. The Labute approximate surface area is 124 Å². The molecule has 110 valence electrons. The number of primary amides is 1. The third-order valence-corrected chi connectivity index (χ3v) is 3.67. The summed E-state index contributed by atoms with van der Waals surface area (Å²) in [7, 11) is 0. The zero-order chi connectivity index (χ0) is 15.4. The molecule has 2 rings (SSSR count). The number of rotatable bonds is 5. The first-order chi connectivity index (χ1) is 10.1. The molecule has 0 radical (unpaired) electrons. The van der Waals surface area contributed by atoms with E-state index in [9.17, 15) is 9.59 Å². The van der Waals surface area contributed by atoms with Crippen molar-refractivity contribution >= 4 is 28.3 Å². The maximum absolute atomic E-state index is 11.8. The van der Waals surface area contributed by atoms with Crippen LogP contribution in [0.5, 0.6) is 0 Å². The minimum absolute atomic E-state index is 0.0769. The monoisotopic (exact) mass is 284 g/mol. The first-order valence-corrected chi connectivity index (χ1v) is 7.19. The number of carbonyl (C=O) groups excluding carboxylic acids is 2.